The van der Waals surface area contributed by atoms with Gasteiger partial charge in [0.05, 0.1) is 6.21 Å². The van der Waals surface area contributed by atoms with Crippen molar-refractivity contribution in [1.82, 2.24) is 9.91 Å². The lowest BCUT2D eigenvalue weighted by Crippen LogP contribution is -2.31. The first-order chi connectivity index (χ1) is 9.40. The largest absolute Gasteiger partial charge is 0.504 e. The zero-order valence-electron chi connectivity index (χ0n) is 9.86. The maximum absolute atomic E-state index is 11.6. The van der Waals surface area contributed by atoms with Gasteiger partial charge in [0.2, 0.25) is 0 Å². The molecule has 1 aromatic rings. The van der Waals surface area contributed by atoms with Crippen LogP contribution >= 0.6 is 11.6 Å². The summed E-state index contributed by atoms with van der Waals surface area (Å²) >= 11 is 5.14. The molecule has 2 N–H and O–H groups in total. The summed E-state index contributed by atoms with van der Waals surface area (Å²) in [5.41, 5.74) is 0.344. The summed E-state index contributed by atoms with van der Waals surface area (Å²) < 4.78 is 0. The van der Waals surface area contributed by atoms with E-state index in [9.17, 15) is 19.5 Å². The molecule has 1 heterocycles. The second-order valence-corrected chi connectivity index (χ2v) is 4.14. The molecular weight excluding hydrogens is 290 g/mol. The summed E-state index contributed by atoms with van der Waals surface area (Å²) in [6.45, 7) is -0.473. The number of carbonyl (C=O) groups excluding carboxylic acids is 3. The second kappa shape index (κ2) is 5.17. The molecule has 1 aliphatic rings. The topological polar surface area (TPSA) is 111 Å². The Bertz CT molecular complexity index is 630. The van der Waals surface area contributed by atoms with E-state index in [1.54, 1.807) is 0 Å². The van der Waals surface area contributed by atoms with Gasteiger partial charge in [0.25, 0.3) is 5.91 Å². The first kappa shape index (κ1) is 13.8. The van der Waals surface area contributed by atoms with Gasteiger partial charge in [-0.25, -0.2) is 9.69 Å². The number of phenolic OH excluding ortho intramolecular Hbond substituents is 2. The molecule has 0 bridgehead atoms. The summed E-state index contributed by atoms with van der Waals surface area (Å²) in [4.78, 5) is 34.5. The van der Waals surface area contributed by atoms with Gasteiger partial charge < -0.3 is 10.2 Å². The van der Waals surface area contributed by atoms with Crippen LogP contribution in [0.3, 0.4) is 0 Å². The second-order valence-electron chi connectivity index (χ2n) is 3.82. The Hall–Kier alpha value is -2.61. The Labute approximate surface area is 117 Å². The van der Waals surface area contributed by atoms with Crippen molar-refractivity contribution in [1.29, 1.82) is 0 Å². The molecule has 0 radical (unpaired) electrons. The SMILES string of the molecule is O=C(Cl)N1CC(=O)N(N=Cc2ccc(O)c(O)c2)C1=O. The fourth-order valence-corrected chi connectivity index (χ4v) is 1.62. The number of halogens is 1. The number of rotatable bonds is 2. The number of hydrogen-bond donors (Lipinski definition) is 2. The Morgan fingerprint density at radius 2 is 2.00 bits per heavy atom. The predicted molar refractivity (Wildman–Crippen MR) is 67.6 cm³/mol. The number of carbonyl (C=O) groups is 3. The third-order valence-corrected chi connectivity index (χ3v) is 2.68. The Kier molecular flexibility index (Phi) is 3.57. The Balaban J connectivity index is 2.19. The summed E-state index contributed by atoms with van der Waals surface area (Å²) in [7, 11) is 0. The molecular formula is C11H8ClN3O5. The van der Waals surface area contributed by atoms with Gasteiger partial charge in [-0.1, -0.05) is 0 Å². The van der Waals surface area contributed by atoms with Crippen LogP contribution in [0.2, 0.25) is 0 Å². The average molecular weight is 298 g/mol. The molecule has 20 heavy (non-hydrogen) atoms. The van der Waals surface area contributed by atoms with Gasteiger partial charge >= 0.3 is 11.4 Å². The van der Waals surface area contributed by atoms with E-state index in [1.807, 2.05) is 0 Å². The van der Waals surface area contributed by atoms with E-state index >= 15 is 0 Å². The lowest BCUT2D eigenvalue weighted by atomic mass is 10.2. The van der Waals surface area contributed by atoms with Crippen LogP contribution in [0.5, 0.6) is 11.5 Å². The maximum Gasteiger partial charge on any atom is 0.355 e. The predicted octanol–water partition coefficient (Wildman–Crippen LogP) is 1.05. The minimum absolute atomic E-state index is 0.311. The summed E-state index contributed by atoms with van der Waals surface area (Å²) in [5, 5.41) is 21.5. The quantitative estimate of drug-likeness (QED) is 0.279. The summed E-state index contributed by atoms with van der Waals surface area (Å²) in [6.07, 6.45) is 1.12. The number of hydrogen-bond acceptors (Lipinski definition) is 6. The minimum atomic E-state index is -1.07. The van der Waals surface area contributed by atoms with Crippen LogP contribution in [0.25, 0.3) is 0 Å². The van der Waals surface area contributed by atoms with Crippen molar-refractivity contribution >= 4 is 35.1 Å². The third-order valence-electron chi connectivity index (χ3n) is 2.48. The highest BCUT2D eigenvalue weighted by Gasteiger charge is 2.39. The summed E-state index contributed by atoms with van der Waals surface area (Å²) in [5.74, 6) is -1.39. The van der Waals surface area contributed by atoms with Crippen molar-refractivity contribution in [2.24, 2.45) is 5.10 Å². The van der Waals surface area contributed by atoms with Crippen molar-refractivity contribution in [3.8, 4) is 11.5 Å². The van der Waals surface area contributed by atoms with E-state index in [1.165, 1.54) is 18.2 Å². The fourth-order valence-electron chi connectivity index (χ4n) is 1.49. The van der Waals surface area contributed by atoms with Gasteiger partial charge in [0.15, 0.2) is 11.5 Å². The number of imide groups is 2. The van der Waals surface area contributed by atoms with Crippen molar-refractivity contribution < 1.29 is 24.6 Å². The molecule has 0 unspecified atom stereocenters. The normalized spacial score (nSPS) is 15.4. The van der Waals surface area contributed by atoms with E-state index in [4.69, 9.17) is 16.7 Å². The number of amides is 4. The van der Waals surface area contributed by atoms with Gasteiger partial charge in [0, 0.05) is 0 Å². The zero-order chi connectivity index (χ0) is 14.9. The lowest BCUT2D eigenvalue weighted by molar-refractivity contribution is -0.125. The lowest BCUT2D eigenvalue weighted by Gasteiger charge is -2.08. The van der Waals surface area contributed by atoms with Gasteiger partial charge in [-0.15, -0.1) is 5.01 Å². The highest BCUT2D eigenvalue weighted by atomic mass is 35.5. The molecule has 2 rings (SSSR count). The summed E-state index contributed by atoms with van der Waals surface area (Å²) in [6, 6.07) is 2.87. The number of nitrogens with zero attached hydrogens (tertiary/aromatic N) is 3. The van der Waals surface area contributed by atoms with E-state index in [0.29, 0.717) is 15.5 Å². The van der Waals surface area contributed by atoms with Gasteiger partial charge in [-0.05, 0) is 35.4 Å². The number of urea groups is 1. The van der Waals surface area contributed by atoms with E-state index in [2.05, 4.69) is 5.10 Å². The molecule has 1 aliphatic heterocycles. The average Bonchev–Trinajstić information content (AvgIpc) is 2.67. The Morgan fingerprint density at radius 1 is 1.30 bits per heavy atom. The molecule has 1 fully saturated rings. The highest BCUT2D eigenvalue weighted by molar-refractivity contribution is 6.64. The van der Waals surface area contributed by atoms with E-state index in [-0.39, 0.29) is 11.5 Å². The van der Waals surface area contributed by atoms with Crippen molar-refractivity contribution in [3.05, 3.63) is 23.8 Å². The number of aromatic hydroxyl groups is 2. The van der Waals surface area contributed by atoms with Crippen LogP contribution in [-0.2, 0) is 4.79 Å². The maximum atomic E-state index is 11.6. The van der Waals surface area contributed by atoms with Crippen molar-refractivity contribution in [3.63, 3.8) is 0 Å². The fraction of sp³-hybridized carbons (Fsp3) is 0.0909. The smallest absolute Gasteiger partial charge is 0.355 e. The van der Waals surface area contributed by atoms with Crippen LogP contribution in [0.1, 0.15) is 5.56 Å². The molecule has 0 atom stereocenters. The molecule has 0 saturated carbocycles. The van der Waals surface area contributed by atoms with Gasteiger partial charge in [-0.3, -0.25) is 9.59 Å². The molecule has 9 heteroatoms. The van der Waals surface area contributed by atoms with Crippen molar-refractivity contribution in [2.45, 2.75) is 0 Å². The molecule has 104 valence electrons. The molecule has 1 aromatic carbocycles. The number of benzene rings is 1. The molecule has 1 saturated heterocycles. The van der Waals surface area contributed by atoms with Crippen LogP contribution in [0, 0.1) is 0 Å². The number of phenols is 2. The van der Waals surface area contributed by atoms with Crippen LogP contribution < -0.4 is 0 Å². The monoisotopic (exact) mass is 297 g/mol. The van der Waals surface area contributed by atoms with Gasteiger partial charge in [-0.2, -0.15) is 5.10 Å². The highest BCUT2D eigenvalue weighted by Crippen LogP contribution is 2.24. The number of hydrazone groups is 1. The molecule has 0 aromatic heterocycles. The van der Waals surface area contributed by atoms with E-state index < -0.39 is 23.8 Å². The molecule has 4 amide bonds. The third kappa shape index (κ3) is 2.54. The zero-order valence-corrected chi connectivity index (χ0v) is 10.6. The van der Waals surface area contributed by atoms with Crippen LogP contribution in [0.15, 0.2) is 23.3 Å². The van der Waals surface area contributed by atoms with Crippen LogP contribution in [0.4, 0.5) is 9.59 Å². The molecule has 8 nitrogen and oxygen atoms in total. The first-order valence-electron chi connectivity index (χ1n) is 5.30. The first-order valence-corrected chi connectivity index (χ1v) is 5.68. The van der Waals surface area contributed by atoms with Crippen molar-refractivity contribution in [2.75, 3.05) is 6.54 Å². The Morgan fingerprint density at radius 3 is 2.55 bits per heavy atom. The van der Waals surface area contributed by atoms with E-state index in [0.717, 1.165) is 6.21 Å². The molecule has 0 spiro atoms. The van der Waals surface area contributed by atoms with Gasteiger partial charge in [0.1, 0.15) is 6.54 Å². The molecule has 0 aliphatic carbocycles. The van der Waals surface area contributed by atoms with Crippen LogP contribution in [-0.4, -0.2) is 50.2 Å². The minimum Gasteiger partial charge on any atom is -0.504 e. The standard InChI is InChI=1S/C11H8ClN3O5/c12-10(19)14-5-9(18)15(11(14)20)13-4-6-1-2-7(16)8(17)3-6/h1-4,16-17H,5H2.